The number of hydrogen-bond donors (Lipinski definition) is 1. The van der Waals surface area contributed by atoms with Crippen LogP contribution in [0.15, 0.2) is 34.5 Å². The van der Waals surface area contributed by atoms with Crippen molar-refractivity contribution in [2.75, 3.05) is 7.05 Å². The van der Waals surface area contributed by atoms with Gasteiger partial charge in [0.1, 0.15) is 4.90 Å². The van der Waals surface area contributed by atoms with Crippen LogP contribution in [0.5, 0.6) is 0 Å². The minimum absolute atomic E-state index is 0.242. The predicted octanol–water partition coefficient (Wildman–Crippen LogP) is 2.64. The second-order valence-electron chi connectivity index (χ2n) is 5.12. The van der Waals surface area contributed by atoms with E-state index in [2.05, 4.69) is 0 Å². The summed E-state index contributed by atoms with van der Waals surface area (Å²) in [5.74, 6) is 0. The van der Waals surface area contributed by atoms with Gasteiger partial charge in [-0.05, 0) is 30.4 Å². The monoisotopic (exact) mass is 324 g/mol. The molecule has 1 aromatic heterocycles. The molecule has 0 radical (unpaired) electrons. The van der Waals surface area contributed by atoms with Crippen LogP contribution >= 0.6 is 11.3 Å². The van der Waals surface area contributed by atoms with E-state index in [0.29, 0.717) is 16.3 Å². The summed E-state index contributed by atoms with van der Waals surface area (Å²) in [5.41, 5.74) is 8.54. The Balaban J connectivity index is 2.30. The summed E-state index contributed by atoms with van der Waals surface area (Å²) in [4.78, 5) is 1.08. The molecule has 1 heterocycles. The van der Waals surface area contributed by atoms with Crippen molar-refractivity contribution in [3.8, 4) is 0 Å². The van der Waals surface area contributed by atoms with Crippen LogP contribution in [0.3, 0.4) is 0 Å². The Hall–Kier alpha value is -1.21. The van der Waals surface area contributed by atoms with Gasteiger partial charge in [0.2, 0.25) is 10.0 Å². The summed E-state index contributed by atoms with van der Waals surface area (Å²) in [6.45, 7) is 4.40. The largest absolute Gasteiger partial charge is 0.326 e. The van der Waals surface area contributed by atoms with Gasteiger partial charge in [0.15, 0.2) is 0 Å². The number of nitrogens with two attached hydrogens (primary N) is 1. The molecule has 0 atom stereocenters. The number of aryl methyl sites for hydroxylation is 2. The highest BCUT2D eigenvalue weighted by molar-refractivity contribution is 7.89. The lowest BCUT2D eigenvalue weighted by atomic mass is 10.1. The molecule has 2 rings (SSSR count). The molecule has 0 amide bonds. The van der Waals surface area contributed by atoms with E-state index < -0.39 is 10.0 Å². The summed E-state index contributed by atoms with van der Waals surface area (Å²) in [7, 11) is -1.91. The van der Waals surface area contributed by atoms with Crippen LogP contribution in [0.25, 0.3) is 0 Å². The Morgan fingerprint density at radius 1 is 1.19 bits per heavy atom. The molecule has 6 heteroatoms. The molecule has 0 saturated heterocycles. The van der Waals surface area contributed by atoms with E-state index in [1.54, 1.807) is 7.05 Å². The zero-order chi connectivity index (χ0) is 15.6. The third-order valence-electron chi connectivity index (χ3n) is 3.37. The molecule has 4 nitrogen and oxygen atoms in total. The van der Waals surface area contributed by atoms with Gasteiger partial charge < -0.3 is 5.73 Å². The van der Waals surface area contributed by atoms with E-state index in [1.165, 1.54) is 15.6 Å². The molecule has 0 aliphatic heterocycles. The number of benzene rings is 1. The molecule has 2 aromatic rings. The lowest BCUT2D eigenvalue weighted by Gasteiger charge is -2.18. The van der Waals surface area contributed by atoms with Crippen LogP contribution in [-0.4, -0.2) is 19.8 Å². The van der Waals surface area contributed by atoms with Gasteiger partial charge in [-0.25, -0.2) is 8.42 Å². The van der Waals surface area contributed by atoms with Crippen LogP contribution in [0, 0.1) is 13.8 Å². The van der Waals surface area contributed by atoms with Gasteiger partial charge >= 0.3 is 0 Å². The fraction of sp³-hybridized carbons (Fsp3) is 0.333. The van der Waals surface area contributed by atoms with Gasteiger partial charge in [-0.3, -0.25) is 0 Å². The topological polar surface area (TPSA) is 63.4 Å². The SMILES string of the molecule is Cc1ccc(CN(C)S(=O)(=O)c2c(C)csc2CN)cc1. The maximum Gasteiger partial charge on any atom is 0.244 e. The van der Waals surface area contributed by atoms with Gasteiger partial charge in [-0.15, -0.1) is 11.3 Å². The standard InChI is InChI=1S/C15H20N2O2S2/c1-11-4-6-13(7-5-11)9-17(3)21(18,19)15-12(2)10-20-14(15)8-16/h4-7,10H,8-9,16H2,1-3H3. The highest BCUT2D eigenvalue weighted by atomic mass is 32.2. The second kappa shape index (κ2) is 6.27. The lowest BCUT2D eigenvalue weighted by Crippen LogP contribution is -2.27. The number of nitrogens with zero attached hydrogens (tertiary/aromatic N) is 1. The summed E-state index contributed by atoms with van der Waals surface area (Å²) in [6, 6.07) is 7.87. The van der Waals surface area contributed by atoms with Crippen molar-refractivity contribution in [1.82, 2.24) is 4.31 Å². The Morgan fingerprint density at radius 2 is 1.81 bits per heavy atom. The predicted molar refractivity (Wildman–Crippen MR) is 86.8 cm³/mol. The van der Waals surface area contributed by atoms with E-state index >= 15 is 0 Å². The molecular formula is C15H20N2O2S2. The molecule has 1 aromatic carbocycles. The van der Waals surface area contributed by atoms with Gasteiger partial charge in [-0.1, -0.05) is 29.8 Å². The molecular weight excluding hydrogens is 304 g/mol. The molecule has 0 unspecified atom stereocenters. The van der Waals surface area contributed by atoms with Crippen molar-refractivity contribution in [2.24, 2.45) is 5.73 Å². The molecule has 0 aliphatic rings. The Labute approximate surface area is 130 Å². The number of rotatable bonds is 5. The normalized spacial score (nSPS) is 12.0. The maximum atomic E-state index is 12.7. The molecule has 0 fully saturated rings. The van der Waals surface area contributed by atoms with Gasteiger partial charge in [-0.2, -0.15) is 4.31 Å². The first kappa shape index (κ1) is 16.2. The first-order chi connectivity index (χ1) is 9.86. The van der Waals surface area contributed by atoms with Crippen LogP contribution in [0.1, 0.15) is 21.6 Å². The highest BCUT2D eigenvalue weighted by Gasteiger charge is 2.26. The molecule has 2 N–H and O–H groups in total. The number of hydrogen-bond acceptors (Lipinski definition) is 4. The van der Waals surface area contributed by atoms with Gasteiger partial charge in [0.25, 0.3) is 0 Å². The van der Waals surface area contributed by atoms with Crippen molar-refractivity contribution in [3.63, 3.8) is 0 Å². The summed E-state index contributed by atoms with van der Waals surface area (Å²) >= 11 is 1.40. The zero-order valence-electron chi connectivity index (χ0n) is 12.5. The van der Waals surface area contributed by atoms with Crippen molar-refractivity contribution in [3.05, 3.63) is 51.2 Å². The van der Waals surface area contributed by atoms with Crippen molar-refractivity contribution >= 4 is 21.4 Å². The molecule has 21 heavy (non-hydrogen) atoms. The van der Waals surface area contributed by atoms with E-state index in [0.717, 1.165) is 16.7 Å². The fourth-order valence-corrected chi connectivity index (χ4v) is 4.97. The second-order valence-corrected chi connectivity index (χ2v) is 8.07. The summed E-state index contributed by atoms with van der Waals surface area (Å²) in [5, 5.41) is 1.84. The number of sulfonamides is 1. The third kappa shape index (κ3) is 3.35. The van der Waals surface area contributed by atoms with Gasteiger partial charge in [0.05, 0.1) is 0 Å². The minimum atomic E-state index is -3.51. The first-order valence-electron chi connectivity index (χ1n) is 6.65. The zero-order valence-corrected chi connectivity index (χ0v) is 14.1. The smallest absolute Gasteiger partial charge is 0.244 e. The highest BCUT2D eigenvalue weighted by Crippen LogP contribution is 2.29. The van der Waals surface area contributed by atoms with E-state index in [4.69, 9.17) is 5.73 Å². The molecule has 114 valence electrons. The summed E-state index contributed by atoms with van der Waals surface area (Å²) in [6.07, 6.45) is 0. The van der Waals surface area contributed by atoms with Crippen molar-refractivity contribution in [2.45, 2.75) is 31.8 Å². The van der Waals surface area contributed by atoms with E-state index in [9.17, 15) is 8.42 Å². The molecule has 0 aliphatic carbocycles. The third-order valence-corrected chi connectivity index (χ3v) is 6.66. The van der Waals surface area contributed by atoms with Crippen LogP contribution in [-0.2, 0) is 23.1 Å². The van der Waals surface area contributed by atoms with E-state index in [-0.39, 0.29) is 6.54 Å². The number of thiophene rings is 1. The average Bonchev–Trinajstić information content (AvgIpc) is 2.83. The summed E-state index contributed by atoms with van der Waals surface area (Å²) < 4.78 is 26.9. The van der Waals surface area contributed by atoms with Crippen LogP contribution in [0.2, 0.25) is 0 Å². The van der Waals surface area contributed by atoms with E-state index in [1.807, 2.05) is 43.5 Å². The average molecular weight is 324 g/mol. The molecule has 0 spiro atoms. The maximum absolute atomic E-state index is 12.7. The first-order valence-corrected chi connectivity index (χ1v) is 8.97. The minimum Gasteiger partial charge on any atom is -0.326 e. The Kier molecular flexibility index (Phi) is 4.83. The van der Waals surface area contributed by atoms with Gasteiger partial charge in [0, 0.05) is 25.0 Å². The molecule has 0 bridgehead atoms. The van der Waals surface area contributed by atoms with Crippen molar-refractivity contribution in [1.29, 1.82) is 0 Å². The Morgan fingerprint density at radius 3 is 2.38 bits per heavy atom. The van der Waals surface area contributed by atoms with Crippen LogP contribution < -0.4 is 5.73 Å². The lowest BCUT2D eigenvalue weighted by molar-refractivity contribution is 0.466. The quantitative estimate of drug-likeness (QED) is 0.919. The molecule has 0 saturated carbocycles. The Bertz CT molecular complexity index is 719. The van der Waals surface area contributed by atoms with Crippen LogP contribution in [0.4, 0.5) is 0 Å². The van der Waals surface area contributed by atoms with Crippen molar-refractivity contribution < 1.29 is 8.42 Å². The fourth-order valence-electron chi connectivity index (χ4n) is 2.17.